The van der Waals surface area contributed by atoms with Crippen molar-refractivity contribution in [3.05, 3.63) is 52.3 Å². The van der Waals surface area contributed by atoms with Crippen molar-refractivity contribution in [1.29, 1.82) is 0 Å². The number of halogens is 2. The fraction of sp³-hybridized carbons (Fsp3) is 0.211. The number of aromatic carboxylic acids is 1. The summed E-state index contributed by atoms with van der Waals surface area (Å²) in [4.78, 5) is 11.7. The maximum Gasteiger partial charge on any atom is 0.336 e. The van der Waals surface area contributed by atoms with E-state index in [0.29, 0.717) is 18.7 Å². The molecular formula is C19H17ClFN3O2. The van der Waals surface area contributed by atoms with E-state index >= 15 is 0 Å². The van der Waals surface area contributed by atoms with Gasteiger partial charge < -0.3 is 5.11 Å². The van der Waals surface area contributed by atoms with Crippen molar-refractivity contribution in [2.45, 2.75) is 13.8 Å². The Labute approximate surface area is 156 Å². The van der Waals surface area contributed by atoms with E-state index in [2.05, 4.69) is 16.3 Å². The van der Waals surface area contributed by atoms with Crippen molar-refractivity contribution in [2.75, 3.05) is 13.1 Å². The Balaban J connectivity index is 2.85. The van der Waals surface area contributed by atoms with Gasteiger partial charge in [-0.1, -0.05) is 34.9 Å². The van der Waals surface area contributed by atoms with Gasteiger partial charge in [-0.25, -0.2) is 9.18 Å². The molecule has 2 rings (SSSR count). The van der Waals surface area contributed by atoms with Gasteiger partial charge in [0.2, 0.25) is 0 Å². The molecule has 0 atom stereocenters. The van der Waals surface area contributed by atoms with Crippen LogP contribution >= 0.6 is 11.6 Å². The lowest BCUT2D eigenvalue weighted by atomic mass is 9.94. The van der Waals surface area contributed by atoms with Gasteiger partial charge in [0, 0.05) is 18.7 Å². The first-order valence-corrected chi connectivity index (χ1v) is 8.29. The first kappa shape index (κ1) is 19.4. The summed E-state index contributed by atoms with van der Waals surface area (Å²) in [6, 6.07) is 6.78. The second kappa shape index (κ2) is 8.45. The van der Waals surface area contributed by atoms with Crippen molar-refractivity contribution in [3.63, 3.8) is 0 Å². The first-order valence-electron chi connectivity index (χ1n) is 7.91. The molecule has 0 unspecified atom stereocenters. The van der Waals surface area contributed by atoms with E-state index in [0.717, 1.165) is 0 Å². The Hall–Kier alpha value is -2.91. The van der Waals surface area contributed by atoms with Gasteiger partial charge in [0.25, 0.3) is 0 Å². The smallest absolute Gasteiger partial charge is 0.336 e. The summed E-state index contributed by atoms with van der Waals surface area (Å²) < 4.78 is 13.7. The average molecular weight is 374 g/mol. The van der Waals surface area contributed by atoms with Gasteiger partial charge in [0.1, 0.15) is 11.5 Å². The number of carbonyl (C=O) groups is 1. The van der Waals surface area contributed by atoms with E-state index in [1.54, 1.807) is 11.1 Å². The quantitative estimate of drug-likeness (QED) is 0.431. The topological polar surface area (TPSA) is 65.3 Å². The zero-order chi connectivity index (χ0) is 19.3. The van der Waals surface area contributed by atoms with Crippen molar-refractivity contribution < 1.29 is 14.3 Å². The molecule has 0 heterocycles. The van der Waals surface area contributed by atoms with Crippen LogP contribution in [0.2, 0.25) is 5.02 Å². The van der Waals surface area contributed by atoms with Crippen molar-refractivity contribution in [3.8, 4) is 23.5 Å². The number of nitrogens with zero attached hydrogens (tertiary/aromatic N) is 3. The summed E-state index contributed by atoms with van der Waals surface area (Å²) in [5.74, 6) is 0.684. The standard InChI is InChI=1S/C19H17ClFN3O2/c1-4-14-16(20)11-15(19(25)26)17(12-8-7-9-13(21)10-12)18(14)22-23-24(5-2)6-3/h1,7-11H,5-6H2,2-3H3,(H,25,26). The molecule has 5 nitrogen and oxygen atoms in total. The van der Waals surface area contributed by atoms with Crippen LogP contribution < -0.4 is 0 Å². The molecule has 1 N–H and O–H groups in total. The molecule has 2 aromatic rings. The second-order valence-corrected chi connectivity index (χ2v) is 5.70. The zero-order valence-electron chi connectivity index (χ0n) is 14.3. The molecule has 134 valence electrons. The number of benzene rings is 2. The van der Waals surface area contributed by atoms with E-state index < -0.39 is 11.8 Å². The fourth-order valence-electron chi connectivity index (χ4n) is 2.44. The Bertz CT molecular complexity index is 902. The highest BCUT2D eigenvalue weighted by molar-refractivity contribution is 6.33. The summed E-state index contributed by atoms with van der Waals surface area (Å²) in [5, 5.41) is 19.6. The molecule has 0 spiro atoms. The van der Waals surface area contributed by atoms with Crippen LogP contribution in [0.5, 0.6) is 0 Å². The maximum absolute atomic E-state index is 13.7. The van der Waals surface area contributed by atoms with Crippen molar-refractivity contribution in [1.82, 2.24) is 5.01 Å². The van der Waals surface area contributed by atoms with Crippen molar-refractivity contribution in [2.24, 2.45) is 10.3 Å². The van der Waals surface area contributed by atoms with E-state index in [4.69, 9.17) is 18.0 Å². The molecule has 26 heavy (non-hydrogen) atoms. The number of rotatable bonds is 6. The molecule has 0 aliphatic heterocycles. The molecule has 2 aromatic carbocycles. The second-order valence-electron chi connectivity index (χ2n) is 5.29. The minimum Gasteiger partial charge on any atom is -0.478 e. The third-order valence-corrected chi connectivity index (χ3v) is 4.04. The molecule has 0 saturated heterocycles. The van der Waals surface area contributed by atoms with Crippen LogP contribution in [0.4, 0.5) is 10.1 Å². The number of carboxylic acids is 1. The fourth-order valence-corrected chi connectivity index (χ4v) is 2.69. The first-order chi connectivity index (χ1) is 12.4. The molecular weight excluding hydrogens is 357 g/mol. The van der Waals surface area contributed by atoms with E-state index in [-0.39, 0.29) is 27.4 Å². The highest BCUT2D eigenvalue weighted by Crippen LogP contribution is 2.40. The molecule has 0 aliphatic rings. The lowest BCUT2D eigenvalue weighted by molar-refractivity contribution is 0.0697. The molecule has 0 fully saturated rings. The maximum atomic E-state index is 13.7. The number of hydrogen-bond acceptors (Lipinski definition) is 3. The summed E-state index contributed by atoms with van der Waals surface area (Å²) in [6.45, 7) is 5.01. The highest BCUT2D eigenvalue weighted by Gasteiger charge is 2.22. The Morgan fingerprint density at radius 1 is 1.35 bits per heavy atom. The lowest BCUT2D eigenvalue weighted by Gasteiger charge is -2.15. The van der Waals surface area contributed by atoms with Crippen LogP contribution in [0.3, 0.4) is 0 Å². The monoisotopic (exact) mass is 373 g/mol. The summed E-state index contributed by atoms with van der Waals surface area (Å²) >= 11 is 6.16. The minimum absolute atomic E-state index is 0.0681. The van der Waals surface area contributed by atoms with Crippen LogP contribution in [0, 0.1) is 18.2 Å². The summed E-state index contributed by atoms with van der Waals surface area (Å²) in [7, 11) is 0. The van der Waals surface area contributed by atoms with Gasteiger partial charge in [-0.15, -0.1) is 11.5 Å². The van der Waals surface area contributed by atoms with Gasteiger partial charge in [-0.2, -0.15) is 0 Å². The lowest BCUT2D eigenvalue weighted by Crippen LogP contribution is -2.14. The largest absolute Gasteiger partial charge is 0.478 e. The predicted molar refractivity (Wildman–Crippen MR) is 99.2 cm³/mol. The van der Waals surface area contributed by atoms with Crippen LogP contribution in [0.25, 0.3) is 11.1 Å². The average Bonchev–Trinajstić information content (AvgIpc) is 2.62. The summed E-state index contributed by atoms with van der Waals surface area (Å²) in [5.41, 5.74) is 0.684. The molecule has 7 heteroatoms. The molecule has 0 bridgehead atoms. The molecule has 0 radical (unpaired) electrons. The Morgan fingerprint density at radius 3 is 2.58 bits per heavy atom. The van der Waals surface area contributed by atoms with E-state index in [9.17, 15) is 14.3 Å². The van der Waals surface area contributed by atoms with Gasteiger partial charge in [-0.05, 0) is 37.6 Å². The van der Waals surface area contributed by atoms with Gasteiger partial charge in [-0.3, -0.25) is 5.01 Å². The third kappa shape index (κ3) is 4.01. The van der Waals surface area contributed by atoms with E-state index in [1.807, 2.05) is 13.8 Å². The third-order valence-electron chi connectivity index (χ3n) is 3.74. The Morgan fingerprint density at radius 2 is 2.04 bits per heavy atom. The van der Waals surface area contributed by atoms with Gasteiger partial charge >= 0.3 is 5.97 Å². The van der Waals surface area contributed by atoms with E-state index in [1.165, 1.54) is 24.3 Å². The highest BCUT2D eigenvalue weighted by atomic mass is 35.5. The normalized spacial score (nSPS) is 10.7. The van der Waals surface area contributed by atoms with Crippen LogP contribution in [0.1, 0.15) is 29.8 Å². The molecule has 0 aromatic heterocycles. The molecule has 0 amide bonds. The molecule has 0 aliphatic carbocycles. The van der Waals surface area contributed by atoms with Gasteiger partial charge in [0.15, 0.2) is 0 Å². The van der Waals surface area contributed by atoms with Crippen LogP contribution in [-0.2, 0) is 0 Å². The zero-order valence-corrected chi connectivity index (χ0v) is 15.1. The van der Waals surface area contributed by atoms with Crippen LogP contribution in [0.15, 0.2) is 40.7 Å². The minimum atomic E-state index is -1.23. The number of hydrogen-bond donors (Lipinski definition) is 1. The number of carboxylic acid groups (broad SMARTS) is 1. The SMILES string of the molecule is C#Cc1c(Cl)cc(C(=O)O)c(-c2cccc(F)c2)c1N=NN(CC)CC. The predicted octanol–water partition coefficient (Wildman–Crippen LogP) is 5.17. The Kier molecular flexibility index (Phi) is 6.31. The van der Waals surface area contributed by atoms with Crippen LogP contribution in [-0.4, -0.2) is 29.2 Å². The number of terminal acetylenes is 1. The van der Waals surface area contributed by atoms with Gasteiger partial charge in [0.05, 0.1) is 16.1 Å². The molecule has 0 saturated carbocycles. The van der Waals surface area contributed by atoms with Crippen molar-refractivity contribution >= 4 is 23.3 Å². The summed E-state index contributed by atoms with van der Waals surface area (Å²) in [6.07, 6.45) is 5.55.